The first-order valence-electron chi connectivity index (χ1n) is 4.52. The van der Waals surface area contributed by atoms with Crippen LogP contribution in [0.4, 0.5) is 0 Å². The van der Waals surface area contributed by atoms with E-state index in [2.05, 4.69) is 10.3 Å². The third kappa shape index (κ3) is 5.34. The highest BCUT2D eigenvalue weighted by Gasteiger charge is 2.02. The van der Waals surface area contributed by atoms with Crippen molar-refractivity contribution in [1.82, 2.24) is 10.3 Å². The molecule has 15 heavy (non-hydrogen) atoms. The summed E-state index contributed by atoms with van der Waals surface area (Å²) in [4.78, 5) is 15.3. The maximum Gasteiger partial charge on any atom is 0.251 e. The molecule has 0 saturated heterocycles. The lowest BCUT2D eigenvalue weighted by Gasteiger charge is -2.03. The maximum absolute atomic E-state index is 11.4. The summed E-state index contributed by atoms with van der Waals surface area (Å²) in [5.74, 6) is -0.0662. The van der Waals surface area contributed by atoms with E-state index in [0.29, 0.717) is 18.7 Å². The fourth-order valence-corrected chi connectivity index (χ4v) is 1.02. The molecule has 0 radical (unpaired) electrons. The molecule has 0 unspecified atom stereocenters. The number of pyridine rings is 1. The average Bonchev–Trinajstić information content (AvgIpc) is 2.25. The molecule has 4 nitrogen and oxygen atoms in total. The summed E-state index contributed by atoms with van der Waals surface area (Å²) in [5, 5.41) is 2.79. The molecule has 84 valence electrons. The number of hydrogen-bond donors (Lipinski definition) is 1. The molecule has 1 amide bonds. The molecule has 0 aliphatic carbocycles. The first kappa shape index (κ1) is 13.9. The molecule has 0 fully saturated rings. The lowest BCUT2D eigenvalue weighted by atomic mass is 10.2. The number of aromatic nitrogens is 1. The number of carbonyl (C=O) groups is 1. The highest BCUT2D eigenvalue weighted by atomic mass is 35.5. The Morgan fingerprint density at radius 1 is 1.47 bits per heavy atom. The van der Waals surface area contributed by atoms with E-state index in [-0.39, 0.29) is 18.3 Å². The first-order valence-corrected chi connectivity index (χ1v) is 4.52. The molecule has 0 atom stereocenters. The van der Waals surface area contributed by atoms with Crippen LogP contribution < -0.4 is 5.32 Å². The Morgan fingerprint density at radius 3 is 2.73 bits per heavy atom. The Kier molecular flexibility index (Phi) is 7.58. The molecule has 0 aliphatic rings. The number of rotatable bonds is 5. The zero-order valence-corrected chi connectivity index (χ0v) is 9.42. The Morgan fingerprint density at radius 2 is 2.13 bits per heavy atom. The van der Waals surface area contributed by atoms with Crippen LogP contribution in [-0.4, -0.2) is 31.2 Å². The van der Waals surface area contributed by atoms with Gasteiger partial charge in [-0.2, -0.15) is 0 Å². The van der Waals surface area contributed by atoms with Crippen molar-refractivity contribution in [2.45, 2.75) is 6.42 Å². The zero-order valence-electron chi connectivity index (χ0n) is 8.60. The van der Waals surface area contributed by atoms with E-state index in [9.17, 15) is 4.79 Å². The van der Waals surface area contributed by atoms with Crippen molar-refractivity contribution < 1.29 is 9.53 Å². The van der Waals surface area contributed by atoms with Crippen LogP contribution >= 0.6 is 12.4 Å². The van der Waals surface area contributed by atoms with Crippen molar-refractivity contribution in [3.8, 4) is 0 Å². The summed E-state index contributed by atoms with van der Waals surface area (Å²) in [6.45, 7) is 1.30. The Bertz CT molecular complexity index is 280. The third-order valence-electron chi connectivity index (χ3n) is 1.75. The fourth-order valence-electron chi connectivity index (χ4n) is 1.02. The van der Waals surface area contributed by atoms with Gasteiger partial charge in [-0.1, -0.05) is 0 Å². The van der Waals surface area contributed by atoms with Crippen molar-refractivity contribution in [3.63, 3.8) is 0 Å². The summed E-state index contributed by atoms with van der Waals surface area (Å²) >= 11 is 0. The Labute approximate surface area is 95.5 Å². The van der Waals surface area contributed by atoms with Gasteiger partial charge in [0.15, 0.2) is 0 Å². The molecular weight excluding hydrogens is 216 g/mol. The minimum Gasteiger partial charge on any atom is -0.385 e. The van der Waals surface area contributed by atoms with Crippen LogP contribution in [0.2, 0.25) is 0 Å². The normalized spacial score (nSPS) is 9.13. The van der Waals surface area contributed by atoms with Crippen molar-refractivity contribution in [2.24, 2.45) is 0 Å². The maximum atomic E-state index is 11.4. The van der Waals surface area contributed by atoms with Crippen LogP contribution in [0, 0.1) is 0 Å². The molecule has 0 bridgehead atoms. The SMILES string of the molecule is COCCCNC(=O)c1ccncc1.Cl. The molecule has 1 aromatic rings. The van der Waals surface area contributed by atoms with E-state index in [1.807, 2.05) is 0 Å². The second-order valence-corrected chi connectivity index (χ2v) is 2.84. The average molecular weight is 231 g/mol. The summed E-state index contributed by atoms with van der Waals surface area (Å²) in [7, 11) is 1.64. The predicted molar refractivity (Wildman–Crippen MR) is 60.3 cm³/mol. The number of amides is 1. The minimum absolute atomic E-state index is 0. The monoisotopic (exact) mass is 230 g/mol. The molecule has 1 aromatic heterocycles. The number of methoxy groups -OCH3 is 1. The van der Waals surface area contributed by atoms with E-state index in [4.69, 9.17) is 4.74 Å². The van der Waals surface area contributed by atoms with Crippen molar-refractivity contribution >= 4 is 18.3 Å². The molecule has 0 saturated carbocycles. The van der Waals surface area contributed by atoms with Gasteiger partial charge in [-0.05, 0) is 18.6 Å². The van der Waals surface area contributed by atoms with Crippen LogP contribution in [0.1, 0.15) is 16.8 Å². The van der Waals surface area contributed by atoms with Crippen molar-refractivity contribution in [1.29, 1.82) is 0 Å². The topological polar surface area (TPSA) is 51.2 Å². The molecule has 0 aliphatic heterocycles. The molecule has 1 rings (SSSR count). The Hall–Kier alpha value is -1.13. The summed E-state index contributed by atoms with van der Waals surface area (Å²) < 4.78 is 4.87. The summed E-state index contributed by atoms with van der Waals surface area (Å²) in [6, 6.07) is 3.37. The van der Waals surface area contributed by atoms with Gasteiger partial charge < -0.3 is 10.1 Å². The van der Waals surface area contributed by atoms with E-state index in [1.54, 1.807) is 31.6 Å². The minimum atomic E-state index is -0.0662. The van der Waals surface area contributed by atoms with Crippen LogP contribution in [-0.2, 0) is 4.74 Å². The summed E-state index contributed by atoms with van der Waals surface area (Å²) in [6.07, 6.45) is 4.03. The highest BCUT2D eigenvalue weighted by molar-refractivity contribution is 5.93. The van der Waals surface area contributed by atoms with Gasteiger partial charge in [0, 0.05) is 38.2 Å². The van der Waals surface area contributed by atoms with Gasteiger partial charge in [-0.15, -0.1) is 12.4 Å². The predicted octanol–water partition coefficient (Wildman–Crippen LogP) is 1.27. The van der Waals surface area contributed by atoms with Gasteiger partial charge in [-0.3, -0.25) is 9.78 Å². The van der Waals surface area contributed by atoms with Crippen LogP contribution in [0.15, 0.2) is 24.5 Å². The largest absolute Gasteiger partial charge is 0.385 e. The van der Waals surface area contributed by atoms with Crippen molar-refractivity contribution in [2.75, 3.05) is 20.3 Å². The van der Waals surface area contributed by atoms with Gasteiger partial charge in [0.2, 0.25) is 0 Å². The van der Waals surface area contributed by atoms with Gasteiger partial charge >= 0.3 is 0 Å². The van der Waals surface area contributed by atoms with Crippen molar-refractivity contribution in [3.05, 3.63) is 30.1 Å². The number of carbonyl (C=O) groups excluding carboxylic acids is 1. The van der Waals surface area contributed by atoms with Crippen LogP contribution in [0.25, 0.3) is 0 Å². The Balaban J connectivity index is 0.00000196. The second kappa shape index (κ2) is 8.20. The van der Waals surface area contributed by atoms with E-state index in [0.717, 1.165) is 6.42 Å². The number of nitrogens with one attached hydrogen (secondary N) is 1. The van der Waals surface area contributed by atoms with E-state index in [1.165, 1.54) is 0 Å². The second-order valence-electron chi connectivity index (χ2n) is 2.84. The lowest BCUT2D eigenvalue weighted by molar-refractivity contribution is 0.0948. The molecule has 5 heteroatoms. The fraction of sp³-hybridized carbons (Fsp3) is 0.400. The van der Waals surface area contributed by atoms with Gasteiger partial charge in [0.05, 0.1) is 0 Å². The zero-order chi connectivity index (χ0) is 10.2. The van der Waals surface area contributed by atoms with E-state index < -0.39 is 0 Å². The van der Waals surface area contributed by atoms with Crippen LogP contribution in [0.3, 0.4) is 0 Å². The number of ether oxygens (including phenoxy) is 1. The van der Waals surface area contributed by atoms with Gasteiger partial charge in [0.1, 0.15) is 0 Å². The smallest absolute Gasteiger partial charge is 0.251 e. The van der Waals surface area contributed by atoms with Gasteiger partial charge in [-0.25, -0.2) is 0 Å². The third-order valence-corrected chi connectivity index (χ3v) is 1.75. The summed E-state index contributed by atoms with van der Waals surface area (Å²) in [5.41, 5.74) is 0.636. The number of halogens is 1. The molecular formula is C10H15ClN2O2. The van der Waals surface area contributed by atoms with Gasteiger partial charge in [0.25, 0.3) is 5.91 Å². The number of hydrogen-bond acceptors (Lipinski definition) is 3. The molecule has 0 spiro atoms. The van der Waals surface area contributed by atoms with Crippen LogP contribution in [0.5, 0.6) is 0 Å². The first-order chi connectivity index (χ1) is 6.84. The highest BCUT2D eigenvalue weighted by Crippen LogP contribution is 1.95. The van der Waals surface area contributed by atoms with E-state index >= 15 is 0 Å². The quantitative estimate of drug-likeness (QED) is 0.776. The lowest BCUT2D eigenvalue weighted by Crippen LogP contribution is -2.25. The molecule has 1 heterocycles. The standard InChI is InChI=1S/C10H14N2O2.ClH/c1-14-8-2-5-12-10(13)9-3-6-11-7-4-9;/h3-4,6-7H,2,5,8H2,1H3,(H,12,13);1H. The number of nitrogens with zero attached hydrogens (tertiary/aromatic N) is 1. The molecule has 1 N–H and O–H groups in total. The molecule has 0 aromatic carbocycles.